The summed E-state index contributed by atoms with van der Waals surface area (Å²) < 4.78 is 0. The van der Waals surface area contributed by atoms with Crippen LogP contribution < -0.4 is 0 Å². The zero-order valence-corrected chi connectivity index (χ0v) is 11.6. The van der Waals surface area contributed by atoms with Crippen molar-refractivity contribution in [3.8, 4) is 0 Å². The Morgan fingerprint density at radius 1 is 1.37 bits per heavy atom. The number of nitrogens with zero attached hydrogens (tertiary/aromatic N) is 2. The van der Waals surface area contributed by atoms with Crippen LogP contribution in [0.25, 0.3) is 0 Å². The predicted octanol–water partition coefficient (Wildman–Crippen LogP) is 2.47. The zero-order valence-electron chi connectivity index (χ0n) is 11.6. The minimum Gasteiger partial charge on any atom is -0.333 e. The van der Waals surface area contributed by atoms with Gasteiger partial charge in [-0.3, -0.25) is 4.79 Å². The van der Waals surface area contributed by atoms with Gasteiger partial charge in [0.1, 0.15) is 0 Å². The number of amides is 1. The molecule has 3 nitrogen and oxygen atoms in total. The lowest BCUT2D eigenvalue weighted by molar-refractivity contribution is -0.136. The van der Waals surface area contributed by atoms with Gasteiger partial charge in [-0.05, 0) is 19.0 Å². The summed E-state index contributed by atoms with van der Waals surface area (Å²) in [6.07, 6.45) is 3.13. The number of hydrogen-bond acceptors (Lipinski definition) is 2. The third kappa shape index (κ3) is 3.44. The lowest BCUT2D eigenvalue weighted by atomic mass is 10.0. The van der Waals surface area contributed by atoms with Crippen LogP contribution in [0, 0.1) is 0 Å². The standard InChI is InChI=1S/C16H22N2O/c1-3-4-10-16(19)18-12-11-17(2)13-15(18)14-8-6-5-7-9-14/h3,5-9,15H,1,4,10-13H2,2H3/t15-/m0/s1. The molecule has 0 saturated carbocycles. The number of hydrogen-bond donors (Lipinski definition) is 0. The highest BCUT2D eigenvalue weighted by atomic mass is 16.2. The average Bonchev–Trinajstić information content (AvgIpc) is 2.45. The van der Waals surface area contributed by atoms with Crippen molar-refractivity contribution in [3.05, 3.63) is 48.6 Å². The first kappa shape index (κ1) is 13.8. The zero-order chi connectivity index (χ0) is 13.7. The fourth-order valence-corrected chi connectivity index (χ4v) is 2.55. The molecule has 0 aliphatic carbocycles. The molecule has 0 unspecified atom stereocenters. The van der Waals surface area contributed by atoms with E-state index in [0.29, 0.717) is 6.42 Å². The van der Waals surface area contributed by atoms with Crippen LogP contribution in [0.5, 0.6) is 0 Å². The van der Waals surface area contributed by atoms with E-state index in [1.807, 2.05) is 29.2 Å². The molecule has 0 radical (unpaired) electrons. The Morgan fingerprint density at radius 3 is 2.79 bits per heavy atom. The van der Waals surface area contributed by atoms with E-state index in [1.165, 1.54) is 5.56 Å². The van der Waals surface area contributed by atoms with Gasteiger partial charge >= 0.3 is 0 Å². The van der Waals surface area contributed by atoms with Crippen molar-refractivity contribution in [1.29, 1.82) is 0 Å². The Morgan fingerprint density at radius 2 is 2.11 bits per heavy atom. The lowest BCUT2D eigenvalue weighted by Crippen LogP contribution is -2.49. The highest BCUT2D eigenvalue weighted by molar-refractivity contribution is 5.77. The van der Waals surface area contributed by atoms with Crippen LogP contribution in [0.15, 0.2) is 43.0 Å². The summed E-state index contributed by atoms with van der Waals surface area (Å²) in [5, 5.41) is 0. The molecule has 1 fully saturated rings. The summed E-state index contributed by atoms with van der Waals surface area (Å²) in [5.74, 6) is 0.238. The molecule has 1 aromatic rings. The SMILES string of the molecule is C=CCCC(=O)N1CCN(C)C[C@H]1c1ccccc1. The summed E-state index contributed by atoms with van der Waals surface area (Å²) in [4.78, 5) is 16.6. The van der Waals surface area contributed by atoms with Crippen molar-refractivity contribution in [2.75, 3.05) is 26.7 Å². The molecule has 3 heteroatoms. The number of benzene rings is 1. The molecule has 0 spiro atoms. The third-order valence-electron chi connectivity index (χ3n) is 3.65. The van der Waals surface area contributed by atoms with Gasteiger partial charge in [0.15, 0.2) is 0 Å². The Kier molecular flexibility index (Phi) is 4.74. The maximum Gasteiger partial charge on any atom is 0.223 e. The molecular formula is C16H22N2O. The van der Waals surface area contributed by atoms with Gasteiger partial charge in [0.2, 0.25) is 5.91 Å². The predicted molar refractivity (Wildman–Crippen MR) is 77.8 cm³/mol. The molecule has 0 aromatic heterocycles. The van der Waals surface area contributed by atoms with E-state index in [4.69, 9.17) is 0 Å². The first-order valence-corrected chi connectivity index (χ1v) is 6.86. The second-order valence-corrected chi connectivity index (χ2v) is 5.10. The Balaban J connectivity index is 2.15. The molecule has 1 aliphatic heterocycles. The van der Waals surface area contributed by atoms with Crippen LogP contribution in [-0.2, 0) is 4.79 Å². The molecule has 102 valence electrons. The van der Waals surface area contributed by atoms with E-state index in [9.17, 15) is 4.79 Å². The molecule has 0 bridgehead atoms. The number of carbonyl (C=O) groups is 1. The van der Waals surface area contributed by atoms with Crippen molar-refractivity contribution in [3.63, 3.8) is 0 Å². The van der Waals surface area contributed by atoms with Crippen molar-refractivity contribution in [2.24, 2.45) is 0 Å². The summed E-state index contributed by atoms with van der Waals surface area (Å²) in [6, 6.07) is 10.5. The molecule has 1 amide bonds. The maximum absolute atomic E-state index is 12.3. The Labute approximate surface area is 115 Å². The molecule has 19 heavy (non-hydrogen) atoms. The second kappa shape index (κ2) is 6.53. The van der Waals surface area contributed by atoms with E-state index < -0.39 is 0 Å². The van der Waals surface area contributed by atoms with E-state index in [0.717, 1.165) is 26.1 Å². The minimum absolute atomic E-state index is 0.178. The highest BCUT2D eigenvalue weighted by Gasteiger charge is 2.29. The van der Waals surface area contributed by atoms with Crippen molar-refractivity contribution in [1.82, 2.24) is 9.80 Å². The van der Waals surface area contributed by atoms with Crippen molar-refractivity contribution >= 4 is 5.91 Å². The third-order valence-corrected chi connectivity index (χ3v) is 3.65. The topological polar surface area (TPSA) is 23.6 Å². The highest BCUT2D eigenvalue weighted by Crippen LogP contribution is 2.25. The number of carbonyl (C=O) groups excluding carboxylic acids is 1. The first-order valence-electron chi connectivity index (χ1n) is 6.86. The first-order chi connectivity index (χ1) is 9.22. The van der Waals surface area contributed by atoms with Gasteiger partial charge in [0.25, 0.3) is 0 Å². The molecular weight excluding hydrogens is 236 g/mol. The fourth-order valence-electron chi connectivity index (χ4n) is 2.55. The average molecular weight is 258 g/mol. The minimum atomic E-state index is 0.178. The van der Waals surface area contributed by atoms with Crippen LogP contribution in [0.3, 0.4) is 0 Å². The normalized spacial score (nSPS) is 20.3. The molecule has 1 heterocycles. The molecule has 0 N–H and O–H groups in total. The Bertz CT molecular complexity index is 430. The van der Waals surface area contributed by atoms with Gasteiger partial charge in [-0.1, -0.05) is 36.4 Å². The monoisotopic (exact) mass is 258 g/mol. The van der Waals surface area contributed by atoms with E-state index in [-0.39, 0.29) is 11.9 Å². The van der Waals surface area contributed by atoms with Crippen LogP contribution in [-0.4, -0.2) is 42.4 Å². The smallest absolute Gasteiger partial charge is 0.223 e. The Hall–Kier alpha value is -1.61. The van der Waals surface area contributed by atoms with Crippen LogP contribution in [0.4, 0.5) is 0 Å². The molecule has 1 aliphatic rings. The summed E-state index contributed by atoms with van der Waals surface area (Å²) >= 11 is 0. The van der Waals surface area contributed by atoms with Gasteiger partial charge in [0, 0.05) is 26.1 Å². The summed E-state index contributed by atoms with van der Waals surface area (Å²) in [5.41, 5.74) is 1.22. The molecule has 1 atom stereocenters. The molecule has 1 aromatic carbocycles. The number of rotatable bonds is 4. The van der Waals surface area contributed by atoms with Gasteiger partial charge in [0.05, 0.1) is 6.04 Å². The van der Waals surface area contributed by atoms with Gasteiger partial charge in [-0.25, -0.2) is 0 Å². The number of likely N-dealkylation sites (N-methyl/N-ethyl adjacent to an activating group) is 1. The van der Waals surface area contributed by atoms with Crippen molar-refractivity contribution < 1.29 is 4.79 Å². The largest absolute Gasteiger partial charge is 0.333 e. The van der Waals surface area contributed by atoms with Crippen LogP contribution >= 0.6 is 0 Å². The van der Waals surface area contributed by atoms with Gasteiger partial charge in [-0.15, -0.1) is 6.58 Å². The van der Waals surface area contributed by atoms with E-state index >= 15 is 0 Å². The summed E-state index contributed by atoms with van der Waals surface area (Å²) in [7, 11) is 2.11. The van der Waals surface area contributed by atoms with Crippen LogP contribution in [0.1, 0.15) is 24.4 Å². The van der Waals surface area contributed by atoms with Gasteiger partial charge in [-0.2, -0.15) is 0 Å². The van der Waals surface area contributed by atoms with E-state index in [1.54, 1.807) is 0 Å². The number of piperazine rings is 1. The van der Waals surface area contributed by atoms with Crippen LogP contribution in [0.2, 0.25) is 0 Å². The maximum atomic E-state index is 12.3. The lowest BCUT2D eigenvalue weighted by Gasteiger charge is -2.40. The molecule has 2 rings (SSSR count). The van der Waals surface area contributed by atoms with Crippen molar-refractivity contribution in [2.45, 2.75) is 18.9 Å². The number of allylic oxidation sites excluding steroid dienone is 1. The summed E-state index contributed by atoms with van der Waals surface area (Å²) in [6.45, 7) is 6.35. The fraction of sp³-hybridized carbons (Fsp3) is 0.438. The van der Waals surface area contributed by atoms with Gasteiger partial charge < -0.3 is 9.80 Å². The quantitative estimate of drug-likeness (QED) is 0.775. The molecule has 1 saturated heterocycles. The second-order valence-electron chi connectivity index (χ2n) is 5.10. The van der Waals surface area contributed by atoms with E-state index in [2.05, 4.69) is 30.7 Å².